The van der Waals surface area contributed by atoms with Crippen LogP contribution in [0.1, 0.15) is 32.0 Å². The van der Waals surface area contributed by atoms with Crippen LogP contribution >= 0.6 is 0 Å². The molecule has 6 nitrogen and oxygen atoms in total. The van der Waals surface area contributed by atoms with Gasteiger partial charge in [0.2, 0.25) is 5.91 Å². The van der Waals surface area contributed by atoms with Crippen molar-refractivity contribution in [3.05, 3.63) is 12.2 Å². The lowest BCUT2D eigenvalue weighted by Gasteiger charge is -2.26. The van der Waals surface area contributed by atoms with E-state index in [-0.39, 0.29) is 11.3 Å². The molecule has 1 aromatic rings. The third kappa shape index (κ3) is 2.69. The predicted molar refractivity (Wildman–Crippen MR) is 67.7 cm³/mol. The normalized spacial score (nSPS) is 23.2. The Bertz CT molecular complexity index is 408. The fraction of sp³-hybridized carbons (Fsp3) is 0.750. The molecule has 0 bridgehead atoms. The van der Waals surface area contributed by atoms with Gasteiger partial charge < -0.3 is 10.6 Å². The average Bonchev–Trinajstić information content (AvgIpc) is 2.97. The van der Waals surface area contributed by atoms with E-state index in [4.69, 9.17) is 0 Å². The average molecular weight is 251 g/mol. The van der Waals surface area contributed by atoms with Crippen molar-refractivity contribution >= 4 is 5.91 Å². The predicted octanol–water partition coefficient (Wildman–Crippen LogP) is 0.211. The Balaban J connectivity index is 1.93. The molecule has 1 unspecified atom stereocenters. The second-order valence-electron chi connectivity index (χ2n) is 4.97. The highest BCUT2D eigenvalue weighted by atomic mass is 16.2. The van der Waals surface area contributed by atoms with Crippen LogP contribution in [-0.4, -0.2) is 33.8 Å². The fourth-order valence-corrected chi connectivity index (χ4v) is 2.55. The van der Waals surface area contributed by atoms with E-state index in [2.05, 4.69) is 27.6 Å². The summed E-state index contributed by atoms with van der Waals surface area (Å²) in [4.78, 5) is 16.4. The second kappa shape index (κ2) is 5.48. The van der Waals surface area contributed by atoms with Gasteiger partial charge in [0.25, 0.3) is 0 Å². The Morgan fingerprint density at radius 2 is 2.50 bits per heavy atom. The van der Waals surface area contributed by atoms with Crippen molar-refractivity contribution in [3.63, 3.8) is 0 Å². The number of hydrogen-bond acceptors (Lipinski definition) is 4. The van der Waals surface area contributed by atoms with Gasteiger partial charge in [-0.1, -0.05) is 13.3 Å². The fourth-order valence-electron chi connectivity index (χ4n) is 2.55. The molecule has 0 saturated carbocycles. The molecule has 2 rings (SSSR count). The molecule has 1 aliphatic rings. The third-order valence-electron chi connectivity index (χ3n) is 3.51. The Morgan fingerprint density at radius 3 is 3.06 bits per heavy atom. The smallest absolute Gasteiger partial charge is 0.227 e. The van der Waals surface area contributed by atoms with Crippen molar-refractivity contribution in [1.82, 2.24) is 25.4 Å². The standard InChI is InChI=1S/C12H21N5O/c1-3-4-12(5-6-13-8-12)11(18)14-7-10-15-9-17(2)16-10/h9,13H,3-8H2,1-2H3,(H,14,18). The summed E-state index contributed by atoms with van der Waals surface area (Å²) in [6.07, 6.45) is 4.52. The van der Waals surface area contributed by atoms with Crippen LogP contribution in [0.15, 0.2) is 6.33 Å². The molecule has 1 aliphatic heterocycles. The van der Waals surface area contributed by atoms with Crippen molar-refractivity contribution in [3.8, 4) is 0 Å². The number of aryl methyl sites for hydroxylation is 1. The second-order valence-corrected chi connectivity index (χ2v) is 4.97. The monoisotopic (exact) mass is 251 g/mol. The maximum atomic E-state index is 12.3. The van der Waals surface area contributed by atoms with E-state index in [1.54, 1.807) is 11.0 Å². The highest BCUT2D eigenvalue weighted by molar-refractivity contribution is 5.83. The quantitative estimate of drug-likeness (QED) is 0.785. The Labute approximate surface area is 107 Å². The van der Waals surface area contributed by atoms with Crippen molar-refractivity contribution in [2.75, 3.05) is 13.1 Å². The summed E-state index contributed by atoms with van der Waals surface area (Å²) in [6, 6.07) is 0. The summed E-state index contributed by atoms with van der Waals surface area (Å²) in [5.41, 5.74) is -0.233. The van der Waals surface area contributed by atoms with E-state index in [0.29, 0.717) is 12.4 Å². The van der Waals surface area contributed by atoms with Gasteiger partial charge in [0, 0.05) is 13.6 Å². The van der Waals surface area contributed by atoms with Gasteiger partial charge in [0.15, 0.2) is 5.82 Å². The first-order valence-electron chi connectivity index (χ1n) is 6.50. The van der Waals surface area contributed by atoms with E-state index in [0.717, 1.165) is 32.4 Å². The molecule has 1 fully saturated rings. The van der Waals surface area contributed by atoms with E-state index in [1.807, 2.05) is 7.05 Å². The first-order chi connectivity index (χ1) is 8.66. The number of carbonyl (C=O) groups is 1. The van der Waals surface area contributed by atoms with Crippen LogP contribution in [0.4, 0.5) is 0 Å². The summed E-state index contributed by atoms with van der Waals surface area (Å²) >= 11 is 0. The molecule has 0 aliphatic carbocycles. The summed E-state index contributed by atoms with van der Waals surface area (Å²) in [7, 11) is 1.82. The zero-order chi connectivity index (χ0) is 13.0. The van der Waals surface area contributed by atoms with Crippen molar-refractivity contribution < 1.29 is 4.79 Å². The van der Waals surface area contributed by atoms with Crippen molar-refractivity contribution in [2.24, 2.45) is 12.5 Å². The highest BCUT2D eigenvalue weighted by Crippen LogP contribution is 2.31. The van der Waals surface area contributed by atoms with Crippen LogP contribution in [0.5, 0.6) is 0 Å². The van der Waals surface area contributed by atoms with Gasteiger partial charge in [-0.25, -0.2) is 4.98 Å². The molecule has 2 N–H and O–H groups in total. The van der Waals surface area contributed by atoms with Crippen LogP contribution in [-0.2, 0) is 18.4 Å². The molecular formula is C12H21N5O. The summed E-state index contributed by atoms with van der Waals surface area (Å²) < 4.78 is 1.64. The van der Waals surface area contributed by atoms with Gasteiger partial charge in [0.05, 0.1) is 12.0 Å². The van der Waals surface area contributed by atoms with Crippen LogP contribution in [0.2, 0.25) is 0 Å². The number of nitrogens with one attached hydrogen (secondary N) is 2. The molecule has 0 aromatic carbocycles. The first-order valence-corrected chi connectivity index (χ1v) is 6.50. The lowest BCUT2D eigenvalue weighted by molar-refractivity contribution is -0.130. The van der Waals surface area contributed by atoms with E-state index in [1.165, 1.54) is 0 Å². The lowest BCUT2D eigenvalue weighted by atomic mass is 9.81. The molecule has 18 heavy (non-hydrogen) atoms. The SMILES string of the molecule is CCCC1(C(=O)NCc2ncn(C)n2)CCNC1. The maximum Gasteiger partial charge on any atom is 0.227 e. The Morgan fingerprint density at radius 1 is 1.67 bits per heavy atom. The number of nitrogens with zero attached hydrogens (tertiary/aromatic N) is 3. The van der Waals surface area contributed by atoms with Crippen molar-refractivity contribution in [2.45, 2.75) is 32.7 Å². The summed E-state index contributed by atoms with van der Waals surface area (Å²) in [5.74, 6) is 0.783. The van der Waals surface area contributed by atoms with Crippen LogP contribution in [0.25, 0.3) is 0 Å². The number of amides is 1. The van der Waals surface area contributed by atoms with Crippen LogP contribution in [0.3, 0.4) is 0 Å². The summed E-state index contributed by atoms with van der Waals surface area (Å²) in [5, 5.41) is 10.4. The molecule has 1 atom stereocenters. The molecule has 6 heteroatoms. The first kappa shape index (κ1) is 13.0. The molecule has 1 amide bonds. The van der Waals surface area contributed by atoms with Crippen molar-refractivity contribution in [1.29, 1.82) is 0 Å². The van der Waals surface area contributed by atoms with Gasteiger partial charge in [-0.3, -0.25) is 9.48 Å². The van der Waals surface area contributed by atoms with E-state index >= 15 is 0 Å². The topological polar surface area (TPSA) is 71.8 Å². The number of carbonyl (C=O) groups excluding carboxylic acids is 1. The lowest BCUT2D eigenvalue weighted by Crippen LogP contribution is -2.42. The largest absolute Gasteiger partial charge is 0.348 e. The van der Waals surface area contributed by atoms with Gasteiger partial charge in [-0.2, -0.15) is 5.10 Å². The van der Waals surface area contributed by atoms with Crippen LogP contribution in [0, 0.1) is 5.41 Å². The summed E-state index contributed by atoms with van der Waals surface area (Å²) in [6.45, 7) is 4.23. The highest BCUT2D eigenvalue weighted by Gasteiger charge is 2.40. The van der Waals surface area contributed by atoms with E-state index < -0.39 is 0 Å². The molecule has 0 radical (unpaired) electrons. The Hall–Kier alpha value is -1.43. The minimum Gasteiger partial charge on any atom is -0.348 e. The molecular weight excluding hydrogens is 230 g/mol. The number of rotatable bonds is 5. The van der Waals surface area contributed by atoms with Gasteiger partial charge in [0.1, 0.15) is 6.33 Å². The third-order valence-corrected chi connectivity index (χ3v) is 3.51. The zero-order valence-electron chi connectivity index (χ0n) is 11.1. The number of hydrogen-bond donors (Lipinski definition) is 2. The van der Waals surface area contributed by atoms with E-state index in [9.17, 15) is 4.79 Å². The van der Waals surface area contributed by atoms with Crippen LogP contribution < -0.4 is 10.6 Å². The Kier molecular flexibility index (Phi) is 3.96. The minimum atomic E-state index is -0.233. The number of aromatic nitrogens is 3. The molecule has 2 heterocycles. The van der Waals surface area contributed by atoms with Gasteiger partial charge in [-0.05, 0) is 19.4 Å². The molecule has 100 valence electrons. The zero-order valence-corrected chi connectivity index (χ0v) is 11.1. The molecule has 1 saturated heterocycles. The maximum absolute atomic E-state index is 12.3. The van der Waals surface area contributed by atoms with Gasteiger partial charge >= 0.3 is 0 Å². The molecule has 1 aromatic heterocycles. The van der Waals surface area contributed by atoms with Gasteiger partial charge in [-0.15, -0.1) is 0 Å². The molecule has 0 spiro atoms. The minimum absolute atomic E-state index is 0.127.